The van der Waals surface area contributed by atoms with Gasteiger partial charge in [-0.2, -0.15) is 0 Å². The smallest absolute Gasteiger partial charge is 0.251 e. The predicted molar refractivity (Wildman–Crippen MR) is 100 cm³/mol. The summed E-state index contributed by atoms with van der Waals surface area (Å²) in [5.41, 5.74) is 1.97. The van der Waals surface area contributed by atoms with Crippen LogP contribution in [0.15, 0.2) is 48.8 Å². The fourth-order valence-corrected chi connectivity index (χ4v) is 3.44. The van der Waals surface area contributed by atoms with Crippen LogP contribution in [0.25, 0.3) is 0 Å². The van der Waals surface area contributed by atoms with Gasteiger partial charge in [-0.1, -0.05) is 18.2 Å². The van der Waals surface area contributed by atoms with Crippen molar-refractivity contribution in [2.75, 3.05) is 19.7 Å². The Kier molecular flexibility index (Phi) is 5.16. The molecule has 0 bridgehead atoms. The van der Waals surface area contributed by atoms with Crippen LogP contribution in [-0.4, -0.2) is 36.6 Å². The summed E-state index contributed by atoms with van der Waals surface area (Å²) >= 11 is 0. The molecule has 1 saturated carbocycles. The zero-order valence-electron chi connectivity index (χ0n) is 14.9. The summed E-state index contributed by atoms with van der Waals surface area (Å²) in [4.78, 5) is 16.4. The number of amides is 1. The molecular weight excluding hydrogens is 326 g/mol. The zero-order valence-corrected chi connectivity index (χ0v) is 14.9. The summed E-state index contributed by atoms with van der Waals surface area (Å²) in [5, 5.41) is 6.35. The largest absolute Gasteiger partial charge is 0.490 e. The second kappa shape index (κ2) is 7.87. The standard InChI is InChI=1S/C21H25N3O2/c25-21(15-4-2-1-3-5-15)24-8-6-16-11-20(16)17-10-19(13-22-12-17)26-14-18-7-9-23-18/h1-5,10,12-13,16,18,20,23H,6-9,11,14H2,(H,24,25)/t16-,18-,20-/m0/s1. The Bertz CT molecular complexity index is 746. The summed E-state index contributed by atoms with van der Waals surface area (Å²) < 4.78 is 5.84. The molecule has 1 aromatic heterocycles. The third kappa shape index (κ3) is 4.22. The van der Waals surface area contributed by atoms with E-state index >= 15 is 0 Å². The van der Waals surface area contributed by atoms with Gasteiger partial charge < -0.3 is 15.4 Å². The van der Waals surface area contributed by atoms with Crippen LogP contribution in [0, 0.1) is 5.92 Å². The maximum atomic E-state index is 12.1. The molecule has 2 aliphatic rings. The average molecular weight is 351 g/mol. The summed E-state index contributed by atoms with van der Waals surface area (Å²) in [5.74, 6) is 2.03. The maximum absolute atomic E-state index is 12.1. The van der Waals surface area contributed by atoms with Crippen molar-refractivity contribution >= 4 is 5.91 Å². The van der Waals surface area contributed by atoms with Crippen molar-refractivity contribution in [1.29, 1.82) is 0 Å². The minimum absolute atomic E-state index is 0.00414. The van der Waals surface area contributed by atoms with Gasteiger partial charge in [0.05, 0.1) is 6.20 Å². The second-order valence-corrected chi connectivity index (χ2v) is 7.22. The molecule has 0 unspecified atom stereocenters. The third-order valence-electron chi connectivity index (χ3n) is 5.30. The number of pyridine rings is 1. The molecule has 1 saturated heterocycles. The van der Waals surface area contributed by atoms with E-state index in [-0.39, 0.29) is 5.91 Å². The van der Waals surface area contributed by atoms with Crippen LogP contribution < -0.4 is 15.4 Å². The highest BCUT2D eigenvalue weighted by molar-refractivity contribution is 5.94. The first-order valence-electron chi connectivity index (χ1n) is 9.44. The van der Waals surface area contributed by atoms with Gasteiger partial charge >= 0.3 is 0 Å². The molecule has 136 valence electrons. The first-order valence-corrected chi connectivity index (χ1v) is 9.44. The van der Waals surface area contributed by atoms with E-state index < -0.39 is 0 Å². The van der Waals surface area contributed by atoms with Gasteiger partial charge in [0.1, 0.15) is 12.4 Å². The lowest BCUT2D eigenvalue weighted by atomic mass is 10.1. The van der Waals surface area contributed by atoms with Crippen LogP contribution >= 0.6 is 0 Å². The van der Waals surface area contributed by atoms with Crippen molar-refractivity contribution in [2.24, 2.45) is 5.92 Å². The highest BCUT2D eigenvalue weighted by Crippen LogP contribution is 2.49. The second-order valence-electron chi connectivity index (χ2n) is 7.22. The number of hydrogen-bond acceptors (Lipinski definition) is 4. The highest BCUT2D eigenvalue weighted by atomic mass is 16.5. The first-order chi connectivity index (χ1) is 12.8. The summed E-state index contributed by atoms with van der Waals surface area (Å²) in [7, 11) is 0. The number of carbonyl (C=O) groups excluding carboxylic acids is 1. The lowest BCUT2D eigenvalue weighted by Gasteiger charge is -2.27. The fraction of sp³-hybridized carbons (Fsp3) is 0.429. The van der Waals surface area contributed by atoms with Gasteiger partial charge in [0.15, 0.2) is 0 Å². The minimum atomic E-state index is 0.00414. The Labute approximate surface area is 154 Å². The van der Waals surface area contributed by atoms with Crippen LogP contribution in [0.5, 0.6) is 5.75 Å². The van der Waals surface area contributed by atoms with Crippen molar-refractivity contribution < 1.29 is 9.53 Å². The molecule has 4 rings (SSSR count). The molecule has 1 aliphatic carbocycles. The monoisotopic (exact) mass is 351 g/mol. The quantitative estimate of drug-likeness (QED) is 0.768. The number of nitrogens with zero attached hydrogens (tertiary/aromatic N) is 1. The molecule has 26 heavy (non-hydrogen) atoms. The average Bonchev–Trinajstić information content (AvgIpc) is 3.41. The SMILES string of the molecule is O=C(NCC[C@H]1C[C@@H]1c1cncc(OC[C@@H]2CCN2)c1)c1ccccc1. The molecule has 2 N–H and O–H groups in total. The van der Waals surface area contributed by atoms with E-state index in [9.17, 15) is 4.79 Å². The summed E-state index contributed by atoms with van der Waals surface area (Å²) in [6, 6.07) is 12.0. The normalized spacial score (nSPS) is 23.8. The number of hydrogen-bond donors (Lipinski definition) is 2. The Morgan fingerprint density at radius 2 is 2.12 bits per heavy atom. The van der Waals surface area contributed by atoms with E-state index in [1.165, 1.54) is 12.0 Å². The molecule has 1 aliphatic heterocycles. The van der Waals surface area contributed by atoms with Crippen LogP contribution in [0.3, 0.4) is 0 Å². The topological polar surface area (TPSA) is 63.2 Å². The molecule has 0 radical (unpaired) electrons. The third-order valence-corrected chi connectivity index (χ3v) is 5.30. The van der Waals surface area contributed by atoms with E-state index in [0.29, 0.717) is 31.0 Å². The molecule has 5 heteroatoms. The van der Waals surface area contributed by atoms with E-state index in [1.807, 2.05) is 36.5 Å². The fourth-order valence-electron chi connectivity index (χ4n) is 3.44. The van der Waals surface area contributed by atoms with Gasteiger partial charge in [-0.15, -0.1) is 0 Å². The van der Waals surface area contributed by atoms with Crippen molar-refractivity contribution in [3.63, 3.8) is 0 Å². The molecule has 5 nitrogen and oxygen atoms in total. The van der Waals surface area contributed by atoms with Gasteiger partial charge in [0.25, 0.3) is 5.91 Å². The molecule has 0 spiro atoms. The number of aromatic nitrogens is 1. The van der Waals surface area contributed by atoms with Crippen molar-refractivity contribution in [3.05, 3.63) is 59.9 Å². The van der Waals surface area contributed by atoms with Crippen molar-refractivity contribution in [3.8, 4) is 5.75 Å². The molecule has 2 fully saturated rings. The van der Waals surface area contributed by atoms with Crippen LogP contribution in [0.4, 0.5) is 0 Å². The van der Waals surface area contributed by atoms with Crippen LogP contribution in [-0.2, 0) is 0 Å². The number of nitrogens with one attached hydrogen (secondary N) is 2. The van der Waals surface area contributed by atoms with E-state index in [0.717, 1.165) is 30.7 Å². The van der Waals surface area contributed by atoms with Gasteiger partial charge in [-0.05, 0) is 61.4 Å². The lowest BCUT2D eigenvalue weighted by Crippen LogP contribution is -2.46. The molecule has 1 amide bonds. The van der Waals surface area contributed by atoms with E-state index in [1.54, 1.807) is 6.20 Å². The van der Waals surface area contributed by atoms with Gasteiger partial charge in [0, 0.05) is 24.3 Å². The van der Waals surface area contributed by atoms with Crippen LogP contribution in [0.2, 0.25) is 0 Å². The van der Waals surface area contributed by atoms with E-state index in [4.69, 9.17) is 4.74 Å². The molecule has 3 atom stereocenters. The van der Waals surface area contributed by atoms with E-state index in [2.05, 4.69) is 21.7 Å². The molecule has 1 aromatic carbocycles. The van der Waals surface area contributed by atoms with Gasteiger partial charge in [-0.25, -0.2) is 0 Å². The Morgan fingerprint density at radius 3 is 2.88 bits per heavy atom. The summed E-state index contributed by atoms with van der Waals surface area (Å²) in [6.45, 7) is 2.52. The Balaban J connectivity index is 1.21. The lowest BCUT2D eigenvalue weighted by molar-refractivity contribution is 0.0952. The summed E-state index contributed by atoms with van der Waals surface area (Å²) in [6.07, 6.45) is 7.09. The number of benzene rings is 1. The number of ether oxygens (including phenoxy) is 1. The molecule has 2 aromatic rings. The molecule has 2 heterocycles. The number of carbonyl (C=O) groups is 1. The van der Waals surface area contributed by atoms with Crippen LogP contribution in [0.1, 0.15) is 41.1 Å². The van der Waals surface area contributed by atoms with Gasteiger partial charge in [-0.3, -0.25) is 9.78 Å². The zero-order chi connectivity index (χ0) is 17.8. The van der Waals surface area contributed by atoms with Crippen molar-refractivity contribution in [2.45, 2.75) is 31.2 Å². The highest BCUT2D eigenvalue weighted by Gasteiger charge is 2.38. The Morgan fingerprint density at radius 1 is 1.27 bits per heavy atom. The molecular formula is C21H25N3O2. The predicted octanol–water partition coefficient (Wildman–Crippen LogP) is 2.75. The first kappa shape index (κ1) is 17.0. The minimum Gasteiger partial charge on any atom is -0.490 e. The maximum Gasteiger partial charge on any atom is 0.251 e. The van der Waals surface area contributed by atoms with Gasteiger partial charge in [0.2, 0.25) is 0 Å². The Hall–Kier alpha value is -2.40. The van der Waals surface area contributed by atoms with Crippen molar-refractivity contribution in [1.82, 2.24) is 15.6 Å². The number of rotatable bonds is 8.